The number of ether oxygens (including phenoxy) is 1. The zero-order chi connectivity index (χ0) is 21.4. The molecule has 1 aromatic carbocycles. The van der Waals surface area contributed by atoms with Crippen LogP contribution < -0.4 is 10.1 Å². The molecule has 1 aliphatic rings. The molecule has 1 aromatic heterocycles. The quantitative estimate of drug-likeness (QED) is 0.368. The van der Waals surface area contributed by atoms with E-state index in [9.17, 15) is 4.79 Å². The second-order valence-corrected chi connectivity index (χ2v) is 7.70. The Morgan fingerprint density at radius 1 is 1.38 bits per heavy atom. The Kier molecular flexibility index (Phi) is 8.27. The van der Waals surface area contributed by atoms with Crippen molar-refractivity contribution < 1.29 is 27.1 Å². The Morgan fingerprint density at radius 2 is 2.10 bits per heavy atom. The zero-order valence-electron chi connectivity index (χ0n) is 16.2. The summed E-state index contributed by atoms with van der Waals surface area (Å²) in [5.41, 5.74) is 1.57. The molecular formula is C20H26N2O6S. The molecule has 0 spiro atoms. The minimum atomic E-state index is -4.67. The van der Waals surface area contributed by atoms with Gasteiger partial charge in [0.25, 0.3) is 0 Å². The van der Waals surface area contributed by atoms with Crippen molar-refractivity contribution in [3.63, 3.8) is 0 Å². The van der Waals surface area contributed by atoms with Gasteiger partial charge in [-0.1, -0.05) is 6.08 Å². The lowest BCUT2D eigenvalue weighted by Gasteiger charge is -2.29. The molecule has 1 saturated heterocycles. The van der Waals surface area contributed by atoms with Gasteiger partial charge in [0.05, 0.1) is 12.6 Å². The molecule has 2 atom stereocenters. The number of carbonyl (C=O) groups is 1. The molecule has 1 aliphatic heterocycles. The number of nitrogens with one attached hydrogen (secondary N) is 1. The van der Waals surface area contributed by atoms with Crippen LogP contribution in [0, 0.1) is 11.8 Å². The number of fused-ring (bicyclic) bond motifs is 1. The summed E-state index contributed by atoms with van der Waals surface area (Å²) in [5.74, 6) is 1.92. The fourth-order valence-corrected chi connectivity index (χ4v) is 3.52. The van der Waals surface area contributed by atoms with Crippen LogP contribution in [0.4, 0.5) is 0 Å². The Bertz CT molecular complexity index is 953. The van der Waals surface area contributed by atoms with Gasteiger partial charge in [-0.2, -0.15) is 8.42 Å². The summed E-state index contributed by atoms with van der Waals surface area (Å²) < 4.78 is 36.9. The molecule has 0 radical (unpaired) electrons. The highest BCUT2D eigenvalue weighted by Gasteiger charge is 2.23. The first-order valence-corrected chi connectivity index (χ1v) is 10.6. The van der Waals surface area contributed by atoms with Crippen molar-refractivity contribution in [1.29, 1.82) is 0 Å². The first-order chi connectivity index (χ1) is 13.7. The van der Waals surface area contributed by atoms with E-state index in [1.54, 1.807) is 13.3 Å². The molecule has 2 heterocycles. The van der Waals surface area contributed by atoms with Crippen LogP contribution in [0.25, 0.3) is 10.9 Å². The summed E-state index contributed by atoms with van der Waals surface area (Å²) >= 11 is 0. The van der Waals surface area contributed by atoms with Crippen LogP contribution in [-0.4, -0.2) is 48.5 Å². The van der Waals surface area contributed by atoms with Crippen molar-refractivity contribution in [2.75, 3.05) is 20.2 Å². The summed E-state index contributed by atoms with van der Waals surface area (Å²) in [6.45, 7) is 5.93. The van der Waals surface area contributed by atoms with E-state index in [0.29, 0.717) is 18.3 Å². The van der Waals surface area contributed by atoms with E-state index in [4.69, 9.17) is 22.3 Å². The smallest absolute Gasteiger partial charge is 0.394 e. The van der Waals surface area contributed by atoms with Crippen LogP contribution in [-0.2, 0) is 10.4 Å². The molecule has 0 unspecified atom stereocenters. The molecule has 0 saturated carbocycles. The SMILES string of the molecule is C=C[C@H]1CNCC[C@H]1CCC(=O)c1ccnc2ccc(OC)cc12.O=S(=O)(O)O. The van der Waals surface area contributed by atoms with Gasteiger partial charge >= 0.3 is 10.4 Å². The lowest BCUT2D eigenvalue weighted by Crippen LogP contribution is -2.35. The number of carbonyl (C=O) groups excluding carboxylic acids is 1. The Balaban J connectivity index is 0.000000537. The summed E-state index contributed by atoms with van der Waals surface area (Å²) in [7, 11) is -3.04. The number of nitrogens with zero attached hydrogens (tertiary/aromatic N) is 1. The minimum Gasteiger partial charge on any atom is -0.497 e. The standard InChI is InChI=1S/C20H24N2O2.H2O4S/c1-3-14-13-21-10-8-15(14)4-7-20(23)17-9-11-22-19-6-5-16(24-2)12-18(17)19;1-5(2,3)4/h3,5-6,9,11-12,14-15,21H,1,4,7-8,10,13H2,2H3;(H2,1,2,3,4)/t14-,15+;/m0./s1. The molecule has 0 amide bonds. The summed E-state index contributed by atoms with van der Waals surface area (Å²) in [6, 6.07) is 7.48. The summed E-state index contributed by atoms with van der Waals surface area (Å²) in [6.07, 6.45) is 6.30. The molecule has 0 aliphatic carbocycles. The lowest BCUT2D eigenvalue weighted by atomic mass is 9.82. The number of hydrogen-bond donors (Lipinski definition) is 3. The van der Waals surface area contributed by atoms with Crippen LogP contribution in [0.1, 0.15) is 29.6 Å². The number of rotatable bonds is 6. The normalized spacial score (nSPS) is 19.1. The topological polar surface area (TPSA) is 126 Å². The molecule has 3 rings (SSSR count). The highest BCUT2D eigenvalue weighted by Crippen LogP contribution is 2.28. The number of ketones is 1. The van der Waals surface area contributed by atoms with E-state index in [0.717, 1.165) is 48.1 Å². The number of hydrogen-bond acceptors (Lipinski definition) is 6. The van der Waals surface area contributed by atoms with Crippen molar-refractivity contribution in [2.24, 2.45) is 11.8 Å². The predicted molar refractivity (Wildman–Crippen MR) is 111 cm³/mol. The van der Waals surface area contributed by atoms with Crippen molar-refractivity contribution >= 4 is 27.1 Å². The predicted octanol–water partition coefficient (Wildman–Crippen LogP) is 2.97. The fourth-order valence-electron chi connectivity index (χ4n) is 3.52. The van der Waals surface area contributed by atoms with Crippen molar-refractivity contribution in [3.8, 4) is 5.75 Å². The number of Topliss-reactive ketones (excluding diaryl/α,β-unsaturated/α-hetero) is 1. The van der Waals surface area contributed by atoms with Gasteiger partial charge in [-0.05, 0) is 55.5 Å². The highest BCUT2D eigenvalue weighted by atomic mass is 32.3. The van der Waals surface area contributed by atoms with Crippen molar-refractivity contribution in [3.05, 3.63) is 48.7 Å². The van der Waals surface area contributed by atoms with Gasteiger partial charge in [-0.25, -0.2) is 0 Å². The Labute approximate surface area is 170 Å². The van der Waals surface area contributed by atoms with Gasteiger partial charge in [0, 0.05) is 30.1 Å². The van der Waals surface area contributed by atoms with Gasteiger partial charge in [-0.3, -0.25) is 18.9 Å². The molecule has 2 aromatic rings. The summed E-state index contributed by atoms with van der Waals surface area (Å²) in [4.78, 5) is 17.1. The number of pyridine rings is 1. The molecule has 3 N–H and O–H groups in total. The first-order valence-electron chi connectivity index (χ1n) is 9.22. The molecule has 0 bridgehead atoms. The third-order valence-corrected chi connectivity index (χ3v) is 4.97. The molecule has 9 heteroatoms. The van der Waals surface area contributed by atoms with E-state index in [-0.39, 0.29) is 5.78 Å². The van der Waals surface area contributed by atoms with E-state index >= 15 is 0 Å². The van der Waals surface area contributed by atoms with Gasteiger partial charge < -0.3 is 10.1 Å². The van der Waals surface area contributed by atoms with Gasteiger partial charge in [0.2, 0.25) is 0 Å². The number of aromatic nitrogens is 1. The molecule has 1 fully saturated rings. The van der Waals surface area contributed by atoms with E-state index in [2.05, 4.69) is 16.9 Å². The van der Waals surface area contributed by atoms with Gasteiger partial charge in [0.15, 0.2) is 5.78 Å². The van der Waals surface area contributed by atoms with Crippen LogP contribution in [0.5, 0.6) is 5.75 Å². The second-order valence-electron chi connectivity index (χ2n) is 6.80. The average Bonchev–Trinajstić information content (AvgIpc) is 2.70. The maximum Gasteiger partial charge on any atom is 0.394 e. The number of piperidine rings is 1. The lowest BCUT2D eigenvalue weighted by molar-refractivity contribution is 0.0968. The summed E-state index contributed by atoms with van der Waals surface area (Å²) in [5, 5.41) is 4.26. The monoisotopic (exact) mass is 422 g/mol. The third kappa shape index (κ3) is 7.21. The maximum atomic E-state index is 12.8. The van der Waals surface area contributed by atoms with Crippen molar-refractivity contribution in [1.82, 2.24) is 10.3 Å². The zero-order valence-corrected chi connectivity index (χ0v) is 17.1. The first kappa shape index (κ1) is 23.0. The van der Waals surface area contributed by atoms with Gasteiger partial charge in [-0.15, -0.1) is 6.58 Å². The Hall–Kier alpha value is -2.33. The van der Waals surface area contributed by atoms with Crippen LogP contribution in [0.3, 0.4) is 0 Å². The second kappa shape index (κ2) is 10.4. The maximum absolute atomic E-state index is 12.8. The minimum absolute atomic E-state index is 0.178. The van der Waals surface area contributed by atoms with E-state index in [1.165, 1.54) is 0 Å². The number of methoxy groups -OCH3 is 1. The Morgan fingerprint density at radius 3 is 2.76 bits per heavy atom. The van der Waals surface area contributed by atoms with E-state index < -0.39 is 10.4 Å². The molecule has 8 nitrogen and oxygen atoms in total. The van der Waals surface area contributed by atoms with Crippen LogP contribution >= 0.6 is 0 Å². The molecule has 158 valence electrons. The van der Waals surface area contributed by atoms with Crippen molar-refractivity contribution in [2.45, 2.75) is 19.3 Å². The van der Waals surface area contributed by atoms with Crippen LogP contribution in [0.15, 0.2) is 43.1 Å². The average molecular weight is 423 g/mol. The highest BCUT2D eigenvalue weighted by molar-refractivity contribution is 7.79. The molecular weight excluding hydrogens is 396 g/mol. The van der Waals surface area contributed by atoms with E-state index in [1.807, 2.05) is 30.3 Å². The number of benzene rings is 1. The fraction of sp³-hybridized carbons (Fsp3) is 0.400. The third-order valence-electron chi connectivity index (χ3n) is 4.97. The largest absolute Gasteiger partial charge is 0.497 e. The molecule has 29 heavy (non-hydrogen) atoms. The van der Waals surface area contributed by atoms with Crippen LogP contribution in [0.2, 0.25) is 0 Å². The van der Waals surface area contributed by atoms with Gasteiger partial charge in [0.1, 0.15) is 5.75 Å².